The number of nitrogens with one attached hydrogen (secondary N) is 1. The fraction of sp³-hybridized carbons (Fsp3) is 0.647. The minimum atomic E-state index is 0.757. The Morgan fingerprint density at radius 3 is 2.42 bits per heavy atom. The van der Waals surface area contributed by atoms with Crippen LogP contribution in [0.25, 0.3) is 0 Å². The third-order valence-corrected chi connectivity index (χ3v) is 4.83. The third kappa shape index (κ3) is 3.01. The van der Waals surface area contributed by atoms with Gasteiger partial charge in [-0.25, -0.2) is 0 Å². The smallest absolute Gasteiger partial charge is 0.0239 e. The molecule has 0 amide bonds. The zero-order valence-electron chi connectivity index (χ0n) is 12.0. The number of fused-ring (bicyclic) bond motifs is 2. The number of rotatable bonds is 4. The fourth-order valence-corrected chi connectivity index (χ4v) is 3.99. The lowest BCUT2D eigenvalue weighted by molar-refractivity contribution is 0.0180. The predicted molar refractivity (Wildman–Crippen MR) is 80.1 cm³/mol. The number of benzene rings is 1. The van der Waals surface area contributed by atoms with E-state index in [1.54, 1.807) is 0 Å². The van der Waals surface area contributed by atoms with E-state index in [9.17, 15) is 0 Å². The van der Waals surface area contributed by atoms with Gasteiger partial charge in [-0.1, -0.05) is 43.7 Å². The van der Waals surface area contributed by atoms with E-state index in [0.717, 1.165) is 31.2 Å². The van der Waals surface area contributed by atoms with Gasteiger partial charge in [-0.3, -0.25) is 4.90 Å². The van der Waals surface area contributed by atoms with Crippen molar-refractivity contribution in [2.45, 2.75) is 63.7 Å². The normalized spacial score (nSPS) is 31.3. The summed E-state index contributed by atoms with van der Waals surface area (Å²) in [6.45, 7) is 4.49. The van der Waals surface area contributed by atoms with Gasteiger partial charge in [0.15, 0.2) is 0 Å². The molecule has 1 aromatic carbocycles. The first kappa shape index (κ1) is 13.1. The molecule has 3 rings (SSSR count). The Hall–Kier alpha value is -0.860. The highest BCUT2D eigenvalue weighted by atomic mass is 15.2. The standard InChI is InChI=1S/C17H26N2/c1-2-18-15-11-16-9-6-10-17(12-15)19(16)13-14-7-4-3-5-8-14/h3-5,7-8,15-18H,2,6,9-13H2,1H3. The van der Waals surface area contributed by atoms with Crippen LogP contribution in [0.3, 0.4) is 0 Å². The monoisotopic (exact) mass is 258 g/mol. The molecule has 0 radical (unpaired) electrons. The van der Waals surface area contributed by atoms with Gasteiger partial charge in [0, 0.05) is 24.7 Å². The van der Waals surface area contributed by atoms with Crippen molar-refractivity contribution in [2.75, 3.05) is 6.54 Å². The van der Waals surface area contributed by atoms with E-state index < -0.39 is 0 Å². The molecule has 0 saturated carbocycles. The van der Waals surface area contributed by atoms with Crippen LogP contribution >= 0.6 is 0 Å². The number of hydrogen-bond donors (Lipinski definition) is 1. The maximum atomic E-state index is 3.67. The second-order valence-corrected chi connectivity index (χ2v) is 6.12. The molecule has 2 heteroatoms. The Labute approximate surface area is 117 Å². The molecule has 0 spiro atoms. The number of nitrogens with zero attached hydrogens (tertiary/aromatic N) is 1. The molecule has 2 aliphatic heterocycles. The van der Waals surface area contributed by atoms with Crippen LogP contribution in [0.5, 0.6) is 0 Å². The topological polar surface area (TPSA) is 15.3 Å². The first-order chi connectivity index (χ1) is 9.36. The van der Waals surface area contributed by atoms with E-state index in [1.807, 2.05) is 0 Å². The molecule has 19 heavy (non-hydrogen) atoms. The summed E-state index contributed by atoms with van der Waals surface area (Å²) in [4.78, 5) is 2.78. The van der Waals surface area contributed by atoms with Crippen LogP contribution in [-0.2, 0) is 6.54 Å². The molecule has 2 fully saturated rings. The van der Waals surface area contributed by atoms with E-state index in [-0.39, 0.29) is 0 Å². The zero-order valence-corrected chi connectivity index (χ0v) is 12.0. The summed E-state index contributed by atoms with van der Waals surface area (Å²) in [5.41, 5.74) is 1.47. The highest BCUT2D eigenvalue weighted by Gasteiger charge is 2.37. The van der Waals surface area contributed by atoms with Crippen LogP contribution in [0.15, 0.2) is 30.3 Å². The van der Waals surface area contributed by atoms with Crippen molar-refractivity contribution in [3.63, 3.8) is 0 Å². The lowest BCUT2D eigenvalue weighted by Crippen LogP contribution is -2.55. The first-order valence-electron chi connectivity index (χ1n) is 7.90. The first-order valence-corrected chi connectivity index (χ1v) is 7.90. The lowest BCUT2D eigenvalue weighted by atomic mass is 9.81. The molecule has 2 saturated heterocycles. The van der Waals surface area contributed by atoms with Crippen molar-refractivity contribution >= 4 is 0 Å². The van der Waals surface area contributed by atoms with Gasteiger partial charge in [0.05, 0.1) is 0 Å². The largest absolute Gasteiger partial charge is 0.314 e. The molecule has 2 bridgehead atoms. The summed E-state index contributed by atoms with van der Waals surface area (Å²) in [6, 6.07) is 13.3. The van der Waals surface area contributed by atoms with Crippen LogP contribution in [0.1, 0.15) is 44.6 Å². The van der Waals surface area contributed by atoms with Crippen LogP contribution < -0.4 is 5.32 Å². The predicted octanol–water partition coefficient (Wildman–Crippen LogP) is 3.18. The summed E-state index contributed by atoms with van der Waals surface area (Å²) in [7, 11) is 0. The average Bonchev–Trinajstić information content (AvgIpc) is 2.41. The quantitative estimate of drug-likeness (QED) is 0.892. The van der Waals surface area contributed by atoms with Gasteiger partial charge in [-0.2, -0.15) is 0 Å². The second-order valence-electron chi connectivity index (χ2n) is 6.12. The summed E-state index contributed by atoms with van der Waals surface area (Å²) in [5.74, 6) is 0. The van der Waals surface area contributed by atoms with Gasteiger partial charge in [0.25, 0.3) is 0 Å². The van der Waals surface area contributed by atoms with E-state index in [0.29, 0.717) is 0 Å². The Morgan fingerprint density at radius 2 is 1.79 bits per heavy atom. The molecule has 0 aromatic heterocycles. The van der Waals surface area contributed by atoms with Crippen LogP contribution in [-0.4, -0.2) is 29.6 Å². The Bertz CT molecular complexity index is 376. The Balaban J connectivity index is 1.68. The highest BCUT2D eigenvalue weighted by Crippen LogP contribution is 2.35. The Kier molecular flexibility index (Phi) is 4.19. The molecule has 2 nitrogen and oxygen atoms in total. The molecule has 104 valence electrons. The van der Waals surface area contributed by atoms with Crippen molar-refractivity contribution in [1.29, 1.82) is 0 Å². The number of piperidine rings is 2. The maximum Gasteiger partial charge on any atom is 0.0239 e. The van der Waals surface area contributed by atoms with Gasteiger partial charge in [-0.05, 0) is 37.8 Å². The lowest BCUT2D eigenvalue weighted by Gasteiger charge is -2.49. The van der Waals surface area contributed by atoms with Crippen molar-refractivity contribution in [1.82, 2.24) is 10.2 Å². The molecule has 2 heterocycles. The molecule has 1 N–H and O–H groups in total. The maximum absolute atomic E-state index is 3.67. The third-order valence-electron chi connectivity index (χ3n) is 4.83. The van der Waals surface area contributed by atoms with Gasteiger partial charge in [0.2, 0.25) is 0 Å². The highest BCUT2D eigenvalue weighted by molar-refractivity contribution is 5.15. The number of hydrogen-bond acceptors (Lipinski definition) is 2. The van der Waals surface area contributed by atoms with Crippen molar-refractivity contribution < 1.29 is 0 Å². The SMILES string of the molecule is CCNC1CC2CCCC(C1)N2Cc1ccccc1. The van der Waals surface area contributed by atoms with Crippen molar-refractivity contribution in [2.24, 2.45) is 0 Å². The average molecular weight is 258 g/mol. The van der Waals surface area contributed by atoms with Gasteiger partial charge in [-0.15, -0.1) is 0 Å². The molecule has 0 aliphatic carbocycles. The van der Waals surface area contributed by atoms with E-state index in [2.05, 4.69) is 47.5 Å². The molecule has 2 atom stereocenters. The van der Waals surface area contributed by atoms with Gasteiger partial charge < -0.3 is 5.32 Å². The Morgan fingerprint density at radius 1 is 1.11 bits per heavy atom. The summed E-state index contributed by atoms with van der Waals surface area (Å²) in [5, 5.41) is 3.67. The molecule has 2 unspecified atom stereocenters. The van der Waals surface area contributed by atoms with Gasteiger partial charge >= 0.3 is 0 Å². The van der Waals surface area contributed by atoms with Crippen molar-refractivity contribution in [3.05, 3.63) is 35.9 Å². The van der Waals surface area contributed by atoms with E-state index in [1.165, 1.54) is 37.7 Å². The fourth-order valence-electron chi connectivity index (χ4n) is 3.99. The summed E-state index contributed by atoms with van der Waals surface area (Å²) < 4.78 is 0. The summed E-state index contributed by atoms with van der Waals surface area (Å²) >= 11 is 0. The zero-order chi connectivity index (χ0) is 13.1. The van der Waals surface area contributed by atoms with Crippen LogP contribution in [0.4, 0.5) is 0 Å². The van der Waals surface area contributed by atoms with Crippen molar-refractivity contribution in [3.8, 4) is 0 Å². The van der Waals surface area contributed by atoms with Crippen LogP contribution in [0, 0.1) is 0 Å². The minimum Gasteiger partial charge on any atom is -0.314 e. The molecular formula is C17H26N2. The summed E-state index contributed by atoms with van der Waals surface area (Å²) in [6.07, 6.45) is 6.91. The minimum absolute atomic E-state index is 0.757. The second kappa shape index (κ2) is 6.06. The van der Waals surface area contributed by atoms with E-state index >= 15 is 0 Å². The molecule has 1 aromatic rings. The molecule has 2 aliphatic rings. The van der Waals surface area contributed by atoms with Gasteiger partial charge in [0.1, 0.15) is 0 Å². The van der Waals surface area contributed by atoms with E-state index in [4.69, 9.17) is 0 Å². The van der Waals surface area contributed by atoms with Crippen LogP contribution in [0.2, 0.25) is 0 Å². The molecular weight excluding hydrogens is 232 g/mol.